The SMILES string of the molecule is CCC[CH2][Sn]1([CH2]CCC)[O][C@@H]2[C@@H](CO)OC(n3ncc(=O)[nH]c3=O)[C@@H]2[O]1. The summed E-state index contributed by atoms with van der Waals surface area (Å²) in [5.74, 6) is 0. The zero-order chi connectivity index (χ0) is 18.7. The number of H-pyrrole nitrogens is 1. The molecule has 26 heavy (non-hydrogen) atoms. The van der Waals surface area contributed by atoms with E-state index in [1.54, 1.807) is 0 Å². The fourth-order valence-electron chi connectivity index (χ4n) is 3.64. The number of rotatable bonds is 8. The summed E-state index contributed by atoms with van der Waals surface area (Å²) in [5, 5.41) is 13.6. The molecule has 146 valence electrons. The molecule has 2 aliphatic heterocycles. The molecule has 2 saturated heterocycles. The van der Waals surface area contributed by atoms with Crippen molar-refractivity contribution >= 4 is 19.2 Å². The molecule has 0 aromatic carbocycles. The van der Waals surface area contributed by atoms with E-state index in [1.165, 1.54) is 0 Å². The minimum atomic E-state index is -3.31. The van der Waals surface area contributed by atoms with Gasteiger partial charge in [0.05, 0.1) is 0 Å². The molecule has 1 aromatic heterocycles. The summed E-state index contributed by atoms with van der Waals surface area (Å²) in [6, 6.07) is 0. The number of aliphatic hydroxyl groups excluding tert-OH is 1. The number of ether oxygens (including phenoxy) is 1. The van der Waals surface area contributed by atoms with Crippen molar-refractivity contribution in [2.24, 2.45) is 0 Å². The standard InChI is InChI=1S/C8H9N3O6.2C4H9.Sn/c12-2-3-5(14)6(15)7(17-3)11-8(16)10-4(13)1-9-11;2*1-3-4-2;/h1,3,5-7,12H,2H2,(H,10,13,16);2*1,3-4H2,2H3;/q-2;;;+2/t3-,5-,6-,7?;;;/m1.../s1. The van der Waals surface area contributed by atoms with Crippen molar-refractivity contribution in [3.05, 3.63) is 27.0 Å². The van der Waals surface area contributed by atoms with Crippen molar-refractivity contribution < 1.29 is 16.0 Å². The molecule has 0 bridgehead atoms. The number of fused-ring (bicyclic) bond motifs is 1. The molecule has 10 heteroatoms. The van der Waals surface area contributed by atoms with E-state index in [0.717, 1.165) is 45.4 Å². The number of unbranched alkanes of at least 4 members (excludes halogenated alkanes) is 2. The van der Waals surface area contributed by atoms with Crippen molar-refractivity contribution in [3.63, 3.8) is 0 Å². The maximum absolute atomic E-state index is 12.1. The van der Waals surface area contributed by atoms with Crippen LogP contribution in [-0.2, 0) is 10.9 Å². The van der Waals surface area contributed by atoms with E-state index < -0.39 is 55.0 Å². The quantitative estimate of drug-likeness (QED) is 0.530. The number of aromatic amines is 1. The molecule has 2 fully saturated rings. The minimum absolute atomic E-state index is 0.220. The number of aliphatic hydroxyl groups is 1. The van der Waals surface area contributed by atoms with Gasteiger partial charge in [-0.1, -0.05) is 0 Å². The van der Waals surface area contributed by atoms with Crippen LogP contribution in [0.5, 0.6) is 0 Å². The first-order chi connectivity index (χ1) is 12.5. The topological polar surface area (TPSA) is 116 Å². The van der Waals surface area contributed by atoms with Crippen LogP contribution in [0.25, 0.3) is 0 Å². The Morgan fingerprint density at radius 1 is 1.19 bits per heavy atom. The molecular formula is C16H27N3O6Sn. The zero-order valence-electron chi connectivity index (χ0n) is 15.2. The number of hydrogen-bond donors (Lipinski definition) is 2. The third-order valence-electron chi connectivity index (χ3n) is 4.97. The molecular weight excluding hydrogens is 449 g/mol. The summed E-state index contributed by atoms with van der Waals surface area (Å²) >= 11 is -3.31. The van der Waals surface area contributed by atoms with E-state index in [-0.39, 0.29) is 6.61 Å². The Morgan fingerprint density at radius 2 is 1.85 bits per heavy atom. The van der Waals surface area contributed by atoms with E-state index in [1.807, 2.05) is 0 Å². The molecule has 2 N–H and O–H groups in total. The second kappa shape index (κ2) is 8.51. The third kappa shape index (κ3) is 3.91. The Labute approximate surface area is 156 Å². The van der Waals surface area contributed by atoms with Crippen LogP contribution in [0.2, 0.25) is 8.87 Å². The van der Waals surface area contributed by atoms with Crippen molar-refractivity contribution in [2.45, 2.75) is 72.9 Å². The van der Waals surface area contributed by atoms with Crippen molar-refractivity contribution in [2.75, 3.05) is 6.61 Å². The summed E-state index contributed by atoms with van der Waals surface area (Å²) in [6.07, 6.45) is 3.02. The first kappa shape index (κ1) is 20.0. The van der Waals surface area contributed by atoms with Gasteiger partial charge in [-0.05, 0) is 0 Å². The molecule has 3 rings (SSSR count). The van der Waals surface area contributed by atoms with Crippen LogP contribution in [0, 0.1) is 0 Å². The summed E-state index contributed by atoms with van der Waals surface area (Å²) in [4.78, 5) is 25.6. The molecule has 2 aliphatic rings. The average molecular weight is 476 g/mol. The van der Waals surface area contributed by atoms with E-state index in [2.05, 4.69) is 23.9 Å². The van der Waals surface area contributed by atoms with Crippen molar-refractivity contribution in [3.8, 4) is 0 Å². The van der Waals surface area contributed by atoms with Crippen LogP contribution in [0.1, 0.15) is 45.8 Å². The molecule has 0 saturated carbocycles. The van der Waals surface area contributed by atoms with Crippen molar-refractivity contribution in [1.29, 1.82) is 0 Å². The molecule has 0 spiro atoms. The fourth-order valence-corrected chi connectivity index (χ4v) is 15.3. The maximum atomic E-state index is 12.1. The van der Waals surface area contributed by atoms with Gasteiger partial charge in [0.15, 0.2) is 0 Å². The van der Waals surface area contributed by atoms with E-state index >= 15 is 0 Å². The van der Waals surface area contributed by atoms with Gasteiger partial charge in [-0.15, -0.1) is 0 Å². The number of hydrogen-bond acceptors (Lipinski definition) is 7. The van der Waals surface area contributed by atoms with Gasteiger partial charge in [-0.25, -0.2) is 0 Å². The second-order valence-corrected chi connectivity index (χ2v) is 16.3. The van der Waals surface area contributed by atoms with Crippen LogP contribution in [0.3, 0.4) is 0 Å². The van der Waals surface area contributed by atoms with Crippen LogP contribution in [-0.4, -0.2) is 64.0 Å². The Bertz CT molecular complexity index is 714. The first-order valence-electron chi connectivity index (χ1n) is 9.33. The van der Waals surface area contributed by atoms with Gasteiger partial charge in [0.1, 0.15) is 0 Å². The molecule has 0 amide bonds. The first-order valence-corrected chi connectivity index (χ1v) is 15.7. The van der Waals surface area contributed by atoms with Crippen LogP contribution >= 0.6 is 0 Å². The van der Waals surface area contributed by atoms with Crippen LogP contribution < -0.4 is 11.2 Å². The van der Waals surface area contributed by atoms with Crippen LogP contribution in [0.15, 0.2) is 15.8 Å². The van der Waals surface area contributed by atoms with Gasteiger partial charge >= 0.3 is 157 Å². The molecule has 1 unspecified atom stereocenters. The molecule has 0 aliphatic carbocycles. The fraction of sp³-hybridized carbons (Fsp3) is 0.812. The Hall–Kier alpha value is -0.751. The predicted octanol–water partition coefficient (Wildman–Crippen LogP) is 0.648. The second-order valence-electron chi connectivity index (χ2n) is 6.91. The number of aromatic nitrogens is 3. The number of nitrogens with zero attached hydrogens (tertiary/aromatic N) is 2. The molecule has 0 radical (unpaired) electrons. The molecule has 4 atom stereocenters. The molecule has 9 nitrogen and oxygen atoms in total. The predicted molar refractivity (Wildman–Crippen MR) is 95.0 cm³/mol. The van der Waals surface area contributed by atoms with Crippen LogP contribution in [0.4, 0.5) is 0 Å². The third-order valence-corrected chi connectivity index (χ3v) is 15.3. The Morgan fingerprint density at radius 3 is 2.42 bits per heavy atom. The van der Waals surface area contributed by atoms with Gasteiger partial charge in [0, 0.05) is 0 Å². The van der Waals surface area contributed by atoms with Gasteiger partial charge in [-0.3, -0.25) is 0 Å². The number of nitrogens with one attached hydrogen (secondary N) is 1. The monoisotopic (exact) mass is 477 g/mol. The normalized spacial score (nSPS) is 29.8. The summed E-state index contributed by atoms with van der Waals surface area (Å²) in [7, 11) is 0. The summed E-state index contributed by atoms with van der Waals surface area (Å²) < 4.78 is 21.8. The van der Waals surface area contributed by atoms with E-state index in [0.29, 0.717) is 0 Å². The Kier molecular flexibility index (Phi) is 6.54. The van der Waals surface area contributed by atoms with Gasteiger partial charge < -0.3 is 0 Å². The van der Waals surface area contributed by atoms with Crippen molar-refractivity contribution in [1.82, 2.24) is 14.8 Å². The van der Waals surface area contributed by atoms with Gasteiger partial charge in [0.25, 0.3) is 0 Å². The summed E-state index contributed by atoms with van der Waals surface area (Å²) in [5.41, 5.74) is -1.22. The van der Waals surface area contributed by atoms with Gasteiger partial charge in [0.2, 0.25) is 0 Å². The molecule has 3 heterocycles. The van der Waals surface area contributed by atoms with E-state index in [9.17, 15) is 14.7 Å². The zero-order valence-corrected chi connectivity index (χ0v) is 18.1. The Balaban J connectivity index is 1.89. The average Bonchev–Trinajstić information content (AvgIpc) is 3.14. The summed E-state index contributed by atoms with van der Waals surface area (Å²) in [6.45, 7) is 4.06. The molecule has 1 aromatic rings. The van der Waals surface area contributed by atoms with Gasteiger partial charge in [-0.2, -0.15) is 0 Å². The van der Waals surface area contributed by atoms with E-state index in [4.69, 9.17) is 10.9 Å².